The Kier molecular flexibility index (Phi) is 9.24. The molecule has 0 rings (SSSR count). The normalized spacial score (nSPS) is 16.0. The molecule has 0 spiro atoms. The zero-order chi connectivity index (χ0) is 9.40. The minimum atomic E-state index is 0.883. The second-order valence-corrected chi connectivity index (χ2v) is 4.76. The van der Waals surface area contributed by atoms with E-state index in [9.17, 15) is 0 Å². The minimum absolute atomic E-state index is 0.883. The van der Waals surface area contributed by atoms with Gasteiger partial charge >= 0.3 is 0 Å². The average Bonchev–Trinajstić information content (AvgIpc) is 2.12. The molecular formula is C10H20Br2. The van der Waals surface area contributed by atoms with Crippen LogP contribution in [0.25, 0.3) is 0 Å². The third-order valence-electron chi connectivity index (χ3n) is 2.62. The first kappa shape index (κ1) is 13.0. The Balaban J connectivity index is 3.75. The van der Waals surface area contributed by atoms with Gasteiger partial charge in [0.05, 0.1) is 0 Å². The van der Waals surface area contributed by atoms with Crippen molar-refractivity contribution in [1.82, 2.24) is 0 Å². The predicted octanol–water partition coefficient (Wildman–Crippen LogP) is 4.61. The van der Waals surface area contributed by atoms with Crippen LogP contribution in [0.4, 0.5) is 0 Å². The second kappa shape index (κ2) is 8.55. The first-order valence-corrected chi connectivity index (χ1v) is 7.16. The van der Waals surface area contributed by atoms with Gasteiger partial charge in [0, 0.05) is 10.7 Å². The van der Waals surface area contributed by atoms with Gasteiger partial charge in [-0.05, 0) is 24.7 Å². The topological polar surface area (TPSA) is 0 Å². The highest BCUT2D eigenvalue weighted by atomic mass is 79.9. The number of hydrogen-bond acceptors (Lipinski definition) is 0. The molecule has 0 amide bonds. The Hall–Kier alpha value is 0.960. The molecule has 0 saturated heterocycles. The first-order valence-electron chi connectivity index (χ1n) is 4.92. The summed E-state index contributed by atoms with van der Waals surface area (Å²) in [5.74, 6) is 1.81. The van der Waals surface area contributed by atoms with E-state index in [1.54, 1.807) is 0 Å². The fourth-order valence-electron chi connectivity index (χ4n) is 1.68. The predicted molar refractivity (Wildman–Crippen MR) is 64.4 cm³/mol. The van der Waals surface area contributed by atoms with Crippen molar-refractivity contribution in [1.29, 1.82) is 0 Å². The van der Waals surface area contributed by atoms with Gasteiger partial charge in [0.1, 0.15) is 0 Å². The fourth-order valence-corrected chi connectivity index (χ4v) is 2.99. The molecule has 0 N–H and O–H groups in total. The van der Waals surface area contributed by atoms with Crippen LogP contribution in [0.2, 0.25) is 0 Å². The second-order valence-electron chi connectivity index (χ2n) is 3.32. The maximum absolute atomic E-state index is 3.60. The molecular weight excluding hydrogens is 280 g/mol. The van der Waals surface area contributed by atoms with Crippen molar-refractivity contribution in [2.75, 3.05) is 10.7 Å². The Morgan fingerprint density at radius 1 is 1.00 bits per heavy atom. The molecule has 2 unspecified atom stereocenters. The lowest BCUT2D eigenvalue weighted by Crippen LogP contribution is -2.14. The quantitative estimate of drug-likeness (QED) is 0.602. The standard InChI is InChI=1S/C10H20Br2/c1-3-9(6-5-7-11)10(4-2)8-12/h9-10H,3-8H2,1-2H3. The molecule has 0 radical (unpaired) electrons. The molecule has 0 aliphatic rings. The summed E-state index contributed by atoms with van der Waals surface area (Å²) in [5.41, 5.74) is 0. The average molecular weight is 300 g/mol. The smallest absolute Gasteiger partial charge is 0.00622 e. The van der Waals surface area contributed by atoms with Crippen molar-refractivity contribution < 1.29 is 0 Å². The molecule has 12 heavy (non-hydrogen) atoms. The van der Waals surface area contributed by atoms with Crippen LogP contribution in [-0.2, 0) is 0 Å². The molecule has 0 fully saturated rings. The van der Waals surface area contributed by atoms with Gasteiger partial charge in [-0.3, -0.25) is 0 Å². The summed E-state index contributed by atoms with van der Waals surface area (Å²) < 4.78 is 0. The summed E-state index contributed by atoms with van der Waals surface area (Å²) >= 11 is 7.09. The molecule has 2 atom stereocenters. The van der Waals surface area contributed by atoms with Crippen LogP contribution in [-0.4, -0.2) is 10.7 Å². The Morgan fingerprint density at radius 3 is 1.92 bits per heavy atom. The van der Waals surface area contributed by atoms with E-state index in [1.807, 2.05) is 0 Å². The molecule has 0 aromatic rings. The number of rotatable bonds is 7. The third-order valence-corrected chi connectivity index (χ3v) is 4.01. The van der Waals surface area contributed by atoms with Crippen molar-refractivity contribution >= 4 is 31.9 Å². The highest BCUT2D eigenvalue weighted by Gasteiger charge is 2.16. The highest BCUT2D eigenvalue weighted by molar-refractivity contribution is 9.09. The molecule has 0 heterocycles. The molecule has 0 aliphatic carbocycles. The Bertz CT molecular complexity index is 89.8. The lowest BCUT2D eigenvalue weighted by Gasteiger charge is -2.22. The van der Waals surface area contributed by atoms with Crippen molar-refractivity contribution in [3.05, 3.63) is 0 Å². The number of alkyl halides is 2. The van der Waals surface area contributed by atoms with E-state index < -0.39 is 0 Å². The van der Waals surface area contributed by atoms with Crippen LogP contribution in [0, 0.1) is 11.8 Å². The minimum Gasteiger partial charge on any atom is -0.0928 e. The first-order chi connectivity index (χ1) is 5.79. The van der Waals surface area contributed by atoms with Gasteiger partial charge in [-0.2, -0.15) is 0 Å². The number of halogens is 2. The van der Waals surface area contributed by atoms with Gasteiger partial charge in [0.25, 0.3) is 0 Å². The van der Waals surface area contributed by atoms with E-state index in [0.717, 1.165) is 17.2 Å². The van der Waals surface area contributed by atoms with E-state index in [2.05, 4.69) is 45.7 Å². The summed E-state index contributed by atoms with van der Waals surface area (Å²) in [5, 5.41) is 2.33. The highest BCUT2D eigenvalue weighted by Crippen LogP contribution is 2.25. The molecule has 0 aromatic carbocycles. The summed E-state index contributed by atoms with van der Waals surface area (Å²) in [4.78, 5) is 0. The van der Waals surface area contributed by atoms with E-state index in [4.69, 9.17) is 0 Å². The molecule has 2 heteroatoms. The van der Waals surface area contributed by atoms with Crippen LogP contribution in [0.1, 0.15) is 39.5 Å². The number of hydrogen-bond donors (Lipinski definition) is 0. The van der Waals surface area contributed by atoms with Crippen LogP contribution in [0.3, 0.4) is 0 Å². The SMILES string of the molecule is CCC(CBr)C(CC)CCCBr. The zero-order valence-electron chi connectivity index (χ0n) is 8.15. The fraction of sp³-hybridized carbons (Fsp3) is 1.00. The third kappa shape index (κ3) is 4.86. The monoisotopic (exact) mass is 298 g/mol. The summed E-state index contributed by atoms with van der Waals surface area (Å²) in [6.45, 7) is 4.60. The summed E-state index contributed by atoms with van der Waals surface area (Å²) in [6.07, 6.45) is 5.34. The van der Waals surface area contributed by atoms with Crippen molar-refractivity contribution in [3.8, 4) is 0 Å². The van der Waals surface area contributed by atoms with Crippen LogP contribution in [0.5, 0.6) is 0 Å². The molecule has 74 valence electrons. The van der Waals surface area contributed by atoms with E-state index in [-0.39, 0.29) is 0 Å². The van der Waals surface area contributed by atoms with E-state index >= 15 is 0 Å². The Morgan fingerprint density at radius 2 is 1.58 bits per heavy atom. The van der Waals surface area contributed by atoms with Gasteiger partial charge < -0.3 is 0 Å². The van der Waals surface area contributed by atoms with Crippen molar-refractivity contribution in [2.45, 2.75) is 39.5 Å². The van der Waals surface area contributed by atoms with Crippen molar-refractivity contribution in [2.24, 2.45) is 11.8 Å². The van der Waals surface area contributed by atoms with Gasteiger partial charge in [-0.15, -0.1) is 0 Å². The van der Waals surface area contributed by atoms with Crippen LogP contribution < -0.4 is 0 Å². The van der Waals surface area contributed by atoms with Crippen LogP contribution in [0.15, 0.2) is 0 Å². The van der Waals surface area contributed by atoms with Crippen molar-refractivity contribution in [3.63, 3.8) is 0 Å². The van der Waals surface area contributed by atoms with E-state index in [0.29, 0.717) is 0 Å². The largest absolute Gasteiger partial charge is 0.0928 e. The molecule has 0 saturated carbocycles. The molecule has 0 aromatic heterocycles. The zero-order valence-corrected chi connectivity index (χ0v) is 11.3. The maximum Gasteiger partial charge on any atom is 0.00622 e. The lowest BCUT2D eigenvalue weighted by atomic mass is 9.86. The van der Waals surface area contributed by atoms with Crippen LogP contribution >= 0.6 is 31.9 Å². The molecule has 0 nitrogen and oxygen atoms in total. The van der Waals surface area contributed by atoms with Gasteiger partial charge in [-0.25, -0.2) is 0 Å². The molecule has 0 bridgehead atoms. The van der Waals surface area contributed by atoms with Gasteiger partial charge in [-0.1, -0.05) is 58.5 Å². The van der Waals surface area contributed by atoms with Gasteiger partial charge in [0.15, 0.2) is 0 Å². The summed E-state index contributed by atoms with van der Waals surface area (Å²) in [7, 11) is 0. The summed E-state index contributed by atoms with van der Waals surface area (Å²) in [6, 6.07) is 0. The van der Waals surface area contributed by atoms with Gasteiger partial charge in [0.2, 0.25) is 0 Å². The molecule has 0 aliphatic heterocycles. The lowest BCUT2D eigenvalue weighted by molar-refractivity contribution is 0.323. The Labute approximate surface area is 93.8 Å². The van der Waals surface area contributed by atoms with E-state index in [1.165, 1.54) is 31.0 Å². The maximum atomic E-state index is 3.60.